The number of ether oxygens (including phenoxy) is 1. The van der Waals surface area contributed by atoms with Gasteiger partial charge in [-0.05, 0) is 58.1 Å². The third-order valence-corrected chi connectivity index (χ3v) is 7.66. The molecular weight excluding hydrogens is 353 g/mol. The maximum absolute atomic E-state index is 13.0. The number of rotatable bonds is 5. The van der Waals surface area contributed by atoms with E-state index in [0.29, 0.717) is 18.0 Å². The Kier molecular flexibility index (Phi) is 5.27. The molecule has 2 aliphatic rings. The van der Waals surface area contributed by atoms with Gasteiger partial charge in [-0.3, -0.25) is 0 Å². The van der Waals surface area contributed by atoms with Crippen molar-refractivity contribution >= 4 is 22.6 Å². The zero-order valence-corrected chi connectivity index (χ0v) is 17.0. The Balaban J connectivity index is 1.80. The molecule has 26 heavy (non-hydrogen) atoms. The predicted octanol–water partition coefficient (Wildman–Crippen LogP) is 1.79. The lowest BCUT2D eigenvalue weighted by Gasteiger charge is -2.32. The minimum absolute atomic E-state index is 0.0900. The molecule has 0 saturated carbocycles. The normalized spacial score (nSPS) is 25.7. The van der Waals surface area contributed by atoms with E-state index in [1.807, 2.05) is 27.7 Å². The van der Waals surface area contributed by atoms with Gasteiger partial charge in [0.2, 0.25) is 10.0 Å². The van der Waals surface area contributed by atoms with Crippen molar-refractivity contribution in [3.05, 3.63) is 24.3 Å². The standard InChI is InChI=1S/C18H28BNO5S/c1-17(2)18(3,4)25-19(24-17)14-8-10-16(11-9-14)26(21,22)20-12-6-7-15(20)13-23-5/h8-11,15H,6-7,12-13H2,1-5H3/t15-/m1/s1. The van der Waals surface area contributed by atoms with Gasteiger partial charge < -0.3 is 14.0 Å². The molecule has 0 aliphatic carbocycles. The Morgan fingerprint density at radius 2 is 1.73 bits per heavy atom. The predicted molar refractivity (Wildman–Crippen MR) is 101 cm³/mol. The monoisotopic (exact) mass is 381 g/mol. The van der Waals surface area contributed by atoms with E-state index in [9.17, 15) is 8.42 Å². The van der Waals surface area contributed by atoms with Crippen LogP contribution in [0.15, 0.2) is 29.2 Å². The zero-order valence-electron chi connectivity index (χ0n) is 16.2. The van der Waals surface area contributed by atoms with Gasteiger partial charge in [0.1, 0.15) is 0 Å². The average Bonchev–Trinajstić information content (AvgIpc) is 3.11. The number of methoxy groups -OCH3 is 1. The van der Waals surface area contributed by atoms with Crippen LogP contribution >= 0.6 is 0 Å². The van der Waals surface area contributed by atoms with Crippen LogP contribution in [0.2, 0.25) is 0 Å². The molecule has 2 aliphatic heterocycles. The summed E-state index contributed by atoms with van der Waals surface area (Å²) in [5.41, 5.74) is -0.0334. The summed E-state index contributed by atoms with van der Waals surface area (Å²) in [4.78, 5) is 0.292. The van der Waals surface area contributed by atoms with E-state index in [4.69, 9.17) is 14.0 Å². The van der Waals surface area contributed by atoms with Crippen molar-refractivity contribution in [2.24, 2.45) is 0 Å². The van der Waals surface area contributed by atoms with Crippen LogP contribution in [0.1, 0.15) is 40.5 Å². The summed E-state index contributed by atoms with van der Waals surface area (Å²) in [6.45, 7) is 8.94. The molecule has 8 heteroatoms. The van der Waals surface area contributed by atoms with Crippen LogP contribution in [0.3, 0.4) is 0 Å². The molecule has 0 N–H and O–H groups in total. The number of benzene rings is 1. The number of nitrogens with zero attached hydrogens (tertiary/aromatic N) is 1. The maximum atomic E-state index is 13.0. The Morgan fingerprint density at radius 1 is 1.15 bits per heavy atom. The van der Waals surface area contributed by atoms with E-state index in [2.05, 4.69) is 0 Å². The number of hydrogen-bond donors (Lipinski definition) is 0. The van der Waals surface area contributed by atoms with E-state index in [1.165, 1.54) is 0 Å². The molecule has 0 bridgehead atoms. The summed E-state index contributed by atoms with van der Waals surface area (Å²) < 4.78 is 44.7. The molecule has 2 fully saturated rings. The highest BCUT2D eigenvalue weighted by Crippen LogP contribution is 2.36. The molecule has 2 heterocycles. The van der Waals surface area contributed by atoms with Gasteiger partial charge in [0.15, 0.2) is 0 Å². The van der Waals surface area contributed by atoms with Gasteiger partial charge in [-0.2, -0.15) is 4.31 Å². The number of hydrogen-bond acceptors (Lipinski definition) is 5. The zero-order chi connectivity index (χ0) is 19.2. The Hall–Kier alpha value is -0.925. The van der Waals surface area contributed by atoms with Crippen LogP contribution in [0.25, 0.3) is 0 Å². The second-order valence-electron chi connectivity index (χ2n) is 8.02. The fraction of sp³-hybridized carbons (Fsp3) is 0.667. The molecule has 1 atom stereocenters. The van der Waals surface area contributed by atoms with Gasteiger partial charge >= 0.3 is 7.12 Å². The molecule has 144 valence electrons. The first-order chi connectivity index (χ1) is 12.1. The third kappa shape index (κ3) is 3.45. The molecule has 0 unspecified atom stereocenters. The highest BCUT2D eigenvalue weighted by Gasteiger charge is 2.51. The largest absolute Gasteiger partial charge is 0.494 e. The van der Waals surface area contributed by atoms with Crippen LogP contribution in [-0.2, 0) is 24.1 Å². The van der Waals surface area contributed by atoms with Gasteiger partial charge in [0.25, 0.3) is 0 Å². The van der Waals surface area contributed by atoms with Crippen LogP contribution < -0.4 is 5.46 Å². The van der Waals surface area contributed by atoms with Crippen molar-refractivity contribution in [2.75, 3.05) is 20.3 Å². The molecule has 0 radical (unpaired) electrons. The number of sulfonamides is 1. The lowest BCUT2D eigenvalue weighted by atomic mass is 9.79. The van der Waals surface area contributed by atoms with E-state index in [1.54, 1.807) is 35.7 Å². The van der Waals surface area contributed by atoms with Gasteiger partial charge in [-0.1, -0.05) is 12.1 Å². The summed E-state index contributed by atoms with van der Waals surface area (Å²) in [6.07, 6.45) is 1.69. The van der Waals surface area contributed by atoms with Gasteiger partial charge in [0, 0.05) is 19.7 Å². The average molecular weight is 381 g/mol. The Morgan fingerprint density at radius 3 is 2.27 bits per heavy atom. The molecule has 0 spiro atoms. The van der Waals surface area contributed by atoms with Crippen molar-refractivity contribution < 1.29 is 22.5 Å². The fourth-order valence-electron chi connectivity index (χ4n) is 3.40. The molecule has 1 aromatic rings. The molecule has 2 saturated heterocycles. The molecule has 3 rings (SSSR count). The summed E-state index contributed by atoms with van der Waals surface area (Å²) >= 11 is 0. The first-order valence-electron chi connectivity index (χ1n) is 9.05. The summed E-state index contributed by atoms with van der Waals surface area (Å²) in [5.74, 6) is 0. The molecule has 1 aromatic carbocycles. The van der Waals surface area contributed by atoms with E-state index in [0.717, 1.165) is 18.3 Å². The third-order valence-electron chi connectivity index (χ3n) is 5.69. The van der Waals surface area contributed by atoms with Crippen molar-refractivity contribution in [3.8, 4) is 0 Å². The lowest BCUT2D eigenvalue weighted by molar-refractivity contribution is 0.00578. The minimum Gasteiger partial charge on any atom is -0.399 e. The highest BCUT2D eigenvalue weighted by molar-refractivity contribution is 7.89. The van der Waals surface area contributed by atoms with Crippen molar-refractivity contribution in [1.29, 1.82) is 0 Å². The first-order valence-corrected chi connectivity index (χ1v) is 10.5. The second kappa shape index (κ2) is 6.91. The van der Waals surface area contributed by atoms with Gasteiger partial charge in [-0.15, -0.1) is 0 Å². The molecule has 6 nitrogen and oxygen atoms in total. The van der Waals surface area contributed by atoms with Crippen molar-refractivity contribution in [2.45, 2.75) is 62.7 Å². The minimum atomic E-state index is -3.52. The molecule has 0 aromatic heterocycles. The van der Waals surface area contributed by atoms with E-state index in [-0.39, 0.29) is 6.04 Å². The van der Waals surface area contributed by atoms with Crippen LogP contribution in [0, 0.1) is 0 Å². The summed E-state index contributed by atoms with van der Waals surface area (Å²) in [6, 6.07) is 6.73. The van der Waals surface area contributed by atoms with Gasteiger partial charge in [-0.25, -0.2) is 8.42 Å². The highest BCUT2D eigenvalue weighted by atomic mass is 32.2. The van der Waals surface area contributed by atoms with Gasteiger partial charge in [0.05, 0.1) is 22.7 Å². The summed E-state index contributed by atoms with van der Waals surface area (Å²) in [7, 11) is -2.42. The molecule has 0 amide bonds. The van der Waals surface area contributed by atoms with Crippen molar-refractivity contribution in [1.82, 2.24) is 4.31 Å². The molecular formula is C18H28BNO5S. The Labute approximate surface area is 157 Å². The van der Waals surface area contributed by atoms with Crippen LogP contribution in [0.4, 0.5) is 0 Å². The topological polar surface area (TPSA) is 65.1 Å². The quantitative estimate of drug-likeness (QED) is 0.728. The lowest BCUT2D eigenvalue weighted by Crippen LogP contribution is -2.41. The van der Waals surface area contributed by atoms with Crippen LogP contribution in [0.5, 0.6) is 0 Å². The maximum Gasteiger partial charge on any atom is 0.494 e. The smallest absolute Gasteiger partial charge is 0.399 e. The summed E-state index contributed by atoms with van der Waals surface area (Å²) in [5, 5.41) is 0. The Bertz CT molecular complexity index is 731. The fourth-order valence-corrected chi connectivity index (χ4v) is 5.08. The van der Waals surface area contributed by atoms with Crippen molar-refractivity contribution in [3.63, 3.8) is 0 Å². The first kappa shape index (κ1) is 19.8. The van der Waals surface area contributed by atoms with E-state index >= 15 is 0 Å². The second-order valence-corrected chi connectivity index (χ2v) is 9.91. The SMILES string of the molecule is COC[C@H]1CCCN1S(=O)(=O)c1ccc(B2OC(C)(C)C(C)(C)O2)cc1. The van der Waals surface area contributed by atoms with Crippen LogP contribution in [-0.4, -0.2) is 57.3 Å². The van der Waals surface area contributed by atoms with E-state index < -0.39 is 28.3 Å².